The quantitative estimate of drug-likeness (QED) is 0.812. The molecule has 0 saturated carbocycles. The zero-order chi connectivity index (χ0) is 13.1. The minimum Gasteiger partial charge on any atom is -0.508 e. The number of phenolic OH excluding ortho intramolecular Hbond substituents is 1. The Bertz CT molecular complexity index is 579. The van der Waals surface area contributed by atoms with E-state index >= 15 is 0 Å². The molecule has 0 saturated heterocycles. The molecule has 0 aromatic heterocycles. The lowest BCUT2D eigenvalue weighted by Crippen LogP contribution is -2.11. The summed E-state index contributed by atoms with van der Waals surface area (Å²) in [6.45, 7) is 2.02. The van der Waals surface area contributed by atoms with Gasteiger partial charge in [-0.3, -0.25) is 4.79 Å². The van der Waals surface area contributed by atoms with E-state index in [-0.39, 0.29) is 11.7 Å². The van der Waals surface area contributed by atoms with Crippen molar-refractivity contribution in [2.75, 3.05) is 5.32 Å². The molecule has 0 aliphatic carbocycles. The van der Waals surface area contributed by atoms with E-state index in [4.69, 9.17) is 5.11 Å². The lowest BCUT2D eigenvalue weighted by molar-refractivity contribution is 0.102. The number of carbonyl (C=O) groups is 1. The van der Waals surface area contributed by atoms with E-state index in [1.807, 2.05) is 25.1 Å². The highest BCUT2D eigenvalue weighted by atomic mass is 127. The summed E-state index contributed by atoms with van der Waals surface area (Å²) >= 11 is 2.23. The SMILES string of the molecule is Cc1ccc(NC(=O)c2ccc(O)cc2)cc1I. The number of hydrogen-bond donors (Lipinski definition) is 2. The predicted molar refractivity (Wildman–Crippen MR) is 80.0 cm³/mol. The van der Waals surface area contributed by atoms with Gasteiger partial charge in [0.05, 0.1) is 0 Å². The summed E-state index contributed by atoms with van der Waals surface area (Å²) in [4.78, 5) is 11.9. The Morgan fingerprint density at radius 3 is 2.44 bits per heavy atom. The molecule has 0 heterocycles. The average Bonchev–Trinajstić information content (AvgIpc) is 2.34. The molecule has 1 amide bonds. The molecule has 3 nitrogen and oxygen atoms in total. The highest BCUT2D eigenvalue weighted by Gasteiger charge is 2.06. The van der Waals surface area contributed by atoms with Crippen LogP contribution in [-0.2, 0) is 0 Å². The lowest BCUT2D eigenvalue weighted by Gasteiger charge is -2.07. The molecule has 0 spiro atoms. The zero-order valence-electron chi connectivity index (χ0n) is 9.77. The van der Waals surface area contributed by atoms with Gasteiger partial charge >= 0.3 is 0 Å². The summed E-state index contributed by atoms with van der Waals surface area (Å²) in [6, 6.07) is 11.9. The highest BCUT2D eigenvalue weighted by Crippen LogP contribution is 2.18. The van der Waals surface area contributed by atoms with Gasteiger partial charge in [0.1, 0.15) is 5.75 Å². The fourth-order valence-corrected chi connectivity index (χ4v) is 2.00. The molecule has 0 radical (unpaired) electrons. The Hall–Kier alpha value is -1.56. The van der Waals surface area contributed by atoms with Crippen molar-refractivity contribution in [3.05, 3.63) is 57.2 Å². The Balaban J connectivity index is 2.16. The van der Waals surface area contributed by atoms with Gasteiger partial charge < -0.3 is 10.4 Å². The topological polar surface area (TPSA) is 49.3 Å². The molecule has 2 rings (SSSR count). The van der Waals surface area contributed by atoms with Gasteiger partial charge in [0, 0.05) is 14.8 Å². The van der Waals surface area contributed by atoms with Crippen molar-refractivity contribution in [1.29, 1.82) is 0 Å². The number of aromatic hydroxyl groups is 1. The van der Waals surface area contributed by atoms with Crippen LogP contribution in [0.4, 0.5) is 5.69 Å². The maximum atomic E-state index is 11.9. The van der Waals surface area contributed by atoms with Crippen molar-refractivity contribution in [1.82, 2.24) is 0 Å². The molecule has 92 valence electrons. The van der Waals surface area contributed by atoms with E-state index in [2.05, 4.69) is 27.9 Å². The van der Waals surface area contributed by atoms with Gasteiger partial charge in [-0.05, 0) is 71.5 Å². The number of phenols is 1. The van der Waals surface area contributed by atoms with Gasteiger partial charge in [0.25, 0.3) is 5.91 Å². The standard InChI is InChI=1S/C14H12INO2/c1-9-2-5-11(8-13(9)15)16-14(18)10-3-6-12(17)7-4-10/h2-8,17H,1H3,(H,16,18). The molecule has 0 fully saturated rings. The van der Waals surface area contributed by atoms with Crippen molar-refractivity contribution in [3.8, 4) is 5.75 Å². The largest absolute Gasteiger partial charge is 0.508 e. The number of amides is 1. The van der Waals surface area contributed by atoms with E-state index < -0.39 is 0 Å². The Labute approximate surface area is 119 Å². The highest BCUT2D eigenvalue weighted by molar-refractivity contribution is 14.1. The molecule has 2 aromatic rings. The number of nitrogens with one attached hydrogen (secondary N) is 1. The first-order valence-corrected chi connectivity index (χ1v) is 6.50. The molecule has 0 aliphatic rings. The van der Waals surface area contributed by atoms with Crippen molar-refractivity contribution in [2.24, 2.45) is 0 Å². The number of carbonyl (C=O) groups excluding carboxylic acids is 1. The van der Waals surface area contributed by atoms with E-state index in [9.17, 15) is 4.79 Å². The Morgan fingerprint density at radius 2 is 1.83 bits per heavy atom. The van der Waals surface area contributed by atoms with Crippen LogP contribution >= 0.6 is 22.6 Å². The van der Waals surface area contributed by atoms with Gasteiger partial charge in [-0.1, -0.05) is 6.07 Å². The van der Waals surface area contributed by atoms with Crippen molar-refractivity contribution in [2.45, 2.75) is 6.92 Å². The average molecular weight is 353 g/mol. The molecule has 0 aliphatic heterocycles. The summed E-state index contributed by atoms with van der Waals surface area (Å²) in [5.41, 5.74) is 2.46. The number of benzene rings is 2. The van der Waals surface area contributed by atoms with Crippen LogP contribution < -0.4 is 5.32 Å². The summed E-state index contributed by atoms with van der Waals surface area (Å²) in [7, 11) is 0. The predicted octanol–water partition coefficient (Wildman–Crippen LogP) is 3.56. The Kier molecular flexibility index (Phi) is 3.86. The molecule has 0 unspecified atom stereocenters. The fraction of sp³-hybridized carbons (Fsp3) is 0.0714. The number of rotatable bonds is 2. The lowest BCUT2D eigenvalue weighted by atomic mass is 10.2. The zero-order valence-corrected chi connectivity index (χ0v) is 11.9. The second kappa shape index (κ2) is 5.39. The van der Waals surface area contributed by atoms with Crippen molar-refractivity contribution >= 4 is 34.2 Å². The number of halogens is 1. The van der Waals surface area contributed by atoms with Crippen LogP contribution in [0.25, 0.3) is 0 Å². The number of hydrogen-bond acceptors (Lipinski definition) is 2. The number of aryl methyl sites for hydroxylation is 1. The van der Waals surface area contributed by atoms with Crippen LogP contribution in [-0.4, -0.2) is 11.0 Å². The molecular formula is C14H12INO2. The van der Waals surface area contributed by atoms with Crippen LogP contribution in [0.5, 0.6) is 5.75 Å². The van der Waals surface area contributed by atoms with E-state index in [0.717, 1.165) is 9.26 Å². The smallest absolute Gasteiger partial charge is 0.255 e. The van der Waals surface area contributed by atoms with E-state index in [1.54, 1.807) is 12.1 Å². The summed E-state index contributed by atoms with van der Waals surface area (Å²) in [6.07, 6.45) is 0. The second-order valence-corrected chi connectivity index (χ2v) is 5.13. The van der Waals surface area contributed by atoms with Crippen molar-refractivity contribution in [3.63, 3.8) is 0 Å². The van der Waals surface area contributed by atoms with Gasteiger partial charge in [-0.25, -0.2) is 0 Å². The van der Waals surface area contributed by atoms with Gasteiger partial charge in [0.15, 0.2) is 0 Å². The van der Waals surface area contributed by atoms with Crippen LogP contribution in [0.1, 0.15) is 15.9 Å². The molecular weight excluding hydrogens is 341 g/mol. The molecule has 2 aromatic carbocycles. The van der Waals surface area contributed by atoms with E-state index in [1.165, 1.54) is 17.7 Å². The maximum Gasteiger partial charge on any atom is 0.255 e. The monoisotopic (exact) mass is 353 g/mol. The van der Waals surface area contributed by atoms with Gasteiger partial charge in [-0.2, -0.15) is 0 Å². The molecule has 0 atom stereocenters. The molecule has 2 N–H and O–H groups in total. The summed E-state index contributed by atoms with van der Waals surface area (Å²) in [5, 5.41) is 12.0. The third kappa shape index (κ3) is 3.01. The summed E-state index contributed by atoms with van der Waals surface area (Å²) in [5.74, 6) is -0.0360. The maximum absolute atomic E-state index is 11.9. The molecule has 4 heteroatoms. The first-order chi connectivity index (χ1) is 8.56. The molecule has 18 heavy (non-hydrogen) atoms. The number of anilines is 1. The van der Waals surface area contributed by atoms with Crippen LogP contribution in [0, 0.1) is 10.5 Å². The first-order valence-electron chi connectivity index (χ1n) is 5.43. The fourth-order valence-electron chi connectivity index (χ4n) is 1.49. The van der Waals surface area contributed by atoms with Gasteiger partial charge in [0.2, 0.25) is 0 Å². The third-order valence-electron chi connectivity index (χ3n) is 2.56. The normalized spacial score (nSPS) is 10.1. The second-order valence-electron chi connectivity index (χ2n) is 3.96. The Morgan fingerprint density at radius 1 is 1.17 bits per heavy atom. The van der Waals surface area contributed by atoms with Crippen LogP contribution in [0.3, 0.4) is 0 Å². The minimum atomic E-state index is -0.186. The van der Waals surface area contributed by atoms with E-state index in [0.29, 0.717) is 5.56 Å². The van der Waals surface area contributed by atoms with Gasteiger partial charge in [-0.15, -0.1) is 0 Å². The van der Waals surface area contributed by atoms with Crippen LogP contribution in [0.2, 0.25) is 0 Å². The molecule has 0 bridgehead atoms. The minimum absolute atomic E-state index is 0.149. The first kappa shape index (κ1) is 12.9. The van der Waals surface area contributed by atoms with Crippen molar-refractivity contribution < 1.29 is 9.90 Å². The third-order valence-corrected chi connectivity index (χ3v) is 3.72. The summed E-state index contributed by atoms with van der Waals surface area (Å²) < 4.78 is 1.11. The van der Waals surface area contributed by atoms with Crippen LogP contribution in [0.15, 0.2) is 42.5 Å².